The van der Waals surface area contributed by atoms with Crippen molar-refractivity contribution in [3.8, 4) is 5.75 Å². The number of amides is 3. The smallest absolute Gasteiger partial charge is 0.257 e. The van der Waals surface area contributed by atoms with Crippen molar-refractivity contribution in [3.05, 3.63) is 59.4 Å². The molecule has 35 heavy (non-hydrogen) atoms. The number of ether oxygens (including phenoxy) is 2. The molecule has 0 bridgehead atoms. The zero-order valence-corrected chi connectivity index (χ0v) is 20.7. The Morgan fingerprint density at radius 2 is 1.80 bits per heavy atom. The summed E-state index contributed by atoms with van der Waals surface area (Å²) in [5.74, 6) is -0.904. The fraction of sp³-hybridized carbons (Fsp3) is 0.423. The molecule has 3 amide bonds. The summed E-state index contributed by atoms with van der Waals surface area (Å²) in [4.78, 5) is 41.5. The van der Waals surface area contributed by atoms with Gasteiger partial charge in [0.2, 0.25) is 5.91 Å². The van der Waals surface area contributed by atoms with E-state index in [0.717, 1.165) is 0 Å². The number of carbonyl (C=O) groups excluding carboxylic acids is 3. The van der Waals surface area contributed by atoms with Crippen LogP contribution in [0.15, 0.2) is 42.5 Å². The second-order valence-corrected chi connectivity index (χ2v) is 8.94. The Hall–Kier alpha value is -3.46. The Bertz CT molecular complexity index is 1080. The molecule has 1 aliphatic heterocycles. The van der Waals surface area contributed by atoms with E-state index >= 15 is 0 Å². The third-order valence-corrected chi connectivity index (χ3v) is 6.22. The molecule has 0 saturated heterocycles. The Morgan fingerprint density at radius 1 is 1.11 bits per heavy atom. The minimum Gasteiger partial charge on any atom is -0.491 e. The zero-order chi connectivity index (χ0) is 25.7. The molecule has 0 spiro atoms. The van der Waals surface area contributed by atoms with E-state index in [9.17, 15) is 18.8 Å². The monoisotopic (exact) mass is 485 g/mol. The molecule has 3 atom stereocenters. The van der Waals surface area contributed by atoms with Crippen LogP contribution in [0.4, 0.5) is 10.1 Å². The maximum Gasteiger partial charge on any atom is 0.257 e. The molecule has 1 aliphatic rings. The van der Waals surface area contributed by atoms with Crippen LogP contribution in [0, 0.1) is 11.7 Å². The number of rotatable bonds is 3. The Labute approximate surface area is 205 Å². The highest BCUT2D eigenvalue weighted by atomic mass is 19.1. The number of likely N-dealkylation sites (N-methyl/N-ethyl adjacent to an activating group) is 1. The molecule has 2 aromatic rings. The number of benzene rings is 2. The summed E-state index contributed by atoms with van der Waals surface area (Å²) in [5.41, 5.74) is 1.04. The van der Waals surface area contributed by atoms with Gasteiger partial charge >= 0.3 is 0 Å². The van der Waals surface area contributed by atoms with Crippen molar-refractivity contribution >= 4 is 23.4 Å². The lowest BCUT2D eigenvalue weighted by Gasteiger charge is -2.35. The summed E-state index contributed by atoms with van der Waals surface area (Å²) in [6.07, 6.45) is -0.268. The molecule has 1 heterocycles. The molecule has 0 unspecified atom stereocenters. The Morgan fingerprint density at radius 3 is 2.43 bits per heavy atom. The molecule has 0 fully saturated rings. The van der Waals surface area contributed by atoms with Gasteiger partial charge in [-0.25, -0.2) is 4.39 Å². The predicted molar refractivity (Wildman–Crippen MR) is 130 cm³/mol. The number of anilines is 1. The lowest BCUT2D eigenvalue weighted by atomic mass is 10.0. The van der Waals surface area contributed by atoms with Crippen LogP contribution in [0.25, 0.3) is 0 Å². The minimum absolute atomic E-state index is 0.00968. The van der Waals surface area contributed by atoms with E-state index in [0.29, 0.717) is 29.9 Å². The molecule has 9 heteroatoms. The van der Waals surface area contributed by atoms with E-state index in [-0.39, 0.29) is 42.2 Å². The summed E-state index contributed by atoms with van der Waals surface area (Å²) in [6.45, 7) is 6.34. The van der Waals surface area contributed by atoms with E-state index in [1.165, 1.54) is 31.2 Å². The number of nitrogens with zero attached hydrogens (tertiary/aromatic N) is 2. The van der Waals surface area contributed by atoms with Gasteiger partial charge in [0.05, 0.1) is 17.7 Å². The molecule has 188 valence electrons. The van der Waals surface area contributed by atoms with Gasteiger partial charge in [0.1, 0.15) is 18.2 Å². The highest BCUT2D eigenvalue weighted by Crippen LogP contribution is 2.27. The van der Waals surface area contributed by atoms with Gasteiger partial charge < -0.3 is 24.6 Å². The average molecular weight is 486 g/mol. The van der Waals surface area contributed by atoms with Crippen LogP contribution in [0.3, 0.4) is 0 Å². The van der Waals surface area contributed by atoms with Crippen LogP contribution >= 0.6 is 0 Å². The van der Waals surface area contributed by atoms with Gasteiger partial charge in [0.25, 0.3) is 11.8 Å². The number of methoxy groups -OCH3 is 1. The SMILES string of the molecule is CO[C@H]1CN(C)C(=O)c2ccc(NC(=O)c3ccc(F)cc3)cc2OC[C@H](C)N(C(C)=O)C[C@@H]1C. The minimum atomic E-state index is -0.434. The van der Waals surface area contributed by atoms with Crippen LogP contribution in [0.2, 0.25) is 0 Å². The van der Waals surface area contributed by atoms with E-state index < -0.39 is 11.7 Å². The van der Waals surface area contributed by atoms with Gasteiger partial charge in [-0.15, -0.1) is 0 Å². The molecule has 0 radical (unpaired) electrons. The molecular weight excluding hydrogens is 453 g/mol. The average Bonchev–Trinajstić information content (AvgIpc) is 2.83. The van der Waals surface area contributed by atoms with Crippen molar-refractivity contribution in [2.75, 3.05) is 39.2 Å². The van der Waals surface area contributed by atoms with Crippen molar-refractivity contribution in [3.63, 3.8) is 0 Å². The highest BCUT2D eigenvalue weighted by molar-refractivity contribution is 6.05. The maximum absolute atomic E-state index is 13.3. The number of fused-ring (bicyclic) bond motifs is 1. The van der Waals surface area contributed by atoms with E-state index in [1.54, 1.807) is 42.2 Å². The second kappa shape index (κ2) is 11.3. The first-order chi connectivity index (χ1) is 16.6. The maximum atomic E-state index is 13.3. The standard InChI is InChI=1S/C26H32FN3O5/c1-16-13-30(18(3)31)17(2)15-35-23-12-21(28-25(32)19-6-8-20(27)9-7-19)10-11-22(23)26(33)29(4)14-24(16)34-5/h6-12,16-17,24H,13-15H2,1-5H3,(H,28,32)/t16-,17-,24-/m0/s1. The van der Waals surface area contributed by atoms with Gasteiger partial charge in [0.15, 0.2) is 0 Å². The van der Waals surface area contributed by atoms with Crippen LogP contribution in [-0.2, 0) is 9.53 Å². The quantitative estimate of drug-likeness (QED) is 0.720. The summed E-state index contributed by atoms with van der Waals surface area (Å²) in [6, 6.07) is 9.72. The first-order valence-electron chi connectivity index (χ1n) is 11.5. The highest BCUT2D eigenvalue weighted by Gasteiger charge is 2.29. The fourth-order valence-corrected chi connectivity index (χ4v) is 4.09. The third-order valence-electron chi connectivity index (χ3n) is 6.22. The summed E-state index contributed by atoms with van der Waals surface area (Å²) in [5, 5.41) is 2.75. The Kier molecular flexibility index (Phi) is 8.45. The number of hydrogen-bond acceptors (Lipinski definition) is 5. The van der Waals surface area contributed by atoms with Gasteiger partial charge in [0, 0.05) is 57.4 Å². The van der Waals surface area contributed by atoms with Gasteiger partial charge in [-0.3, -0.25) is 14.4 Å². The fourth-order valence-electron chi connectivity index (χ4n) is 4.09. The largest absolute Gasteiger partial charge is 0.491 e. The summed E-state index contributed by atoms with van der Waals surface area (Å²) >= 11 is 0. The topological polar surface area (TPSA) is 88.2 Å². The van der Waals surface area contributed by atoms with E-state index in [2.05, 4.69) is 5.32 Å². The van der Waals surface area contributed by atoms with Gasteiger partial charge in [-0.2, -0.15) is 0 Å². The van der Waals surface area contributed by atoms with Crippen molar-refractivity contribution in [1.82, 2.24) is 9.80 Å². The summed E-state index contributed by atoms with van der Waals surface area (Å²) in [7, 11) is 3.28. The van der Waals surface area contributed by atoms with Crippen molar-refractivity contribution in [2.24, 2.45) is 5.92 Å². The van der Waals surface area contributed by atoms with Crippen LogP contribution in [-0.4, -0.2) is 73.5 Å². The third kappa shape index (κ3) is 6.36. The molecule has 0 aromatic heterocycles. The van der Waals surface area contributed by atoms with Crippen molar-refractivity contribution < 1.29 is 28.2 Å². The van der Waals surface area contributed by atoms with E-state index in [1.807, 2.05) is 13.8 Å². The number of halogens is 1. The lowest BCUT2D eigenvalue weighted by molar-refractivity contribution is -0.133. The van der Waals surface area contributed by atoms with Crippen LogP contribution in [0.1, 0.15) is 41.5 Å². The number of carbonyl (C=O) groups is 3. The van der Waals surface area contributed by atoms with Crippen molar-refractivity contribution in [2.45, 2.75) is 32.9 Å². The zero-order valence-electron chi connectivity index (χ0n) is 20.7. The molecule has 1 N–H and O–H groups in total. The van der Waals surface area contributed by atoms with Crippen LogP contribution in [0.5, 0.6) is 5.75 Å². The predicted octanol–water partition coefficient (Wildman–Crippen LogP) is 3.43. The molecule has 0 aliphatic carbocycles. The summed E-state index contributed by atoms with van der Waals surface area (Å²) < 4.78 is 24.9. The normalized spacial score (nSPS) is 21.3. The first-order valence-corrected chi connectivity index (χ1v) is 11.5. The molecule has 8 nitrogen and oxygen atoms in total. The molecule has 0 saturated carbocycles. The second-order valence-electron chi connectivity index (χ2n) is 8.94. The van der Waals surface area contributed by atoms with Gasteiger partial charge in [-0.05, 0) is 43.3 Å². The Balaban J connectivity index is 1.93. The first kappa shape index (κ1) is 26.2. The lowest BCUT2D eigenvalue weighted by Crippen LogP contribution is -2.48. The molecule has 3 rings (SSSR count). The number of hydrogen-bond donors (Lipinski definition) is 1. The number of nitrogens with one attached hydrogen (secondary N) is 1. The van der Waals surface area contributed by atoms with E-state index in [4.69, 9.17) is 9.47 Å². The van der Waals surface area contributed by atoms with Crippen molar-refractivity contribution in [1.29, 1.82) is 0 Å². The van der Waals surface area contributed by atoms with Gasteiger partial charge in [-0.1, -0.05) is 6.92 Å². The molecular formula is C26H32FN3O5. The van der Waals surface area contributed by atoms with Crippen LogP contribution < -0.4 is 10.1 Å². The molecule has 2 aromatic carbocycles.